The van der Waals surface area contributed by atoms with Gasteiger partial charge in [-0.2, -0.15) is 0 Å². The molecule has 0 aromatic heterocycles. The molecule has 2 nitrogen and oxygen atoms in total. The molecule has 1 heterocycles. The normalized spacial score (nSPS) is 17.0. The average Bonchev–Trinajstić information content (AvgIpc) is 3.28. The monoisotopic (exact) mass is 278 g/mol. The lowest BCUT2D eigenvalue weighted by Gasteiger charge is -2.19. The molecule has 0 atom stereocenters. The van der Waals surface area contributed by atoms with Gasteiger partial charge >= 0.3 is 0 Å². The highest BCUT2D eigenvalue weighted by molar-refractivity contribution is 5.58. The van der Waals surface area contributed by atoms with E-state index >= 15 is 0 Å². The van der Waals surface area contributed by atoms with E-state index < -0.39 is 0 Å². The smallest absolute Gasteiger partial charge is 0.0429 e. The molecule has 0 radical (unpaired) electrons. The van der Waals surface area contributed by atoms with Crippen molar-refractivity contribution in [3.63, 3.8) is 0 Å². The topological polar surface area (TPSA) is 15.3 Å². The van der Waals surface area contributed by atoms with Gasteiger partial charge in [-0.1, -0.05) is 42.5 Å². The number of hydrogen-bond acceptors (Lipinski definition) is 2. The van der Waals surface area contributed by atoms with Crippen molar-refractivity contribution in [2.75, 3.05) is 11.4 Å². The summed E-state index contributed by atoms with van der Waals surface area (Å²) in [6.45, 7) is 3.18. The van der Waals surface area contributed by atoms with Gasteiger partial charge in [0.05, 0.1) is 0 Å². The summed E-state index contributed by atoms with van der Waals surface area (Å²) in [4.78, 5) is 2.49. The van der Waals surface area contributed by atoms with E-state index in [0.717, 1.165) is 25.7 Å². The van der Waals surface area contributed by atoms with Crippen LogP contribution < -0.4 is 10.2 Å². The maximum atomic E-state index is 3.57. The fourth-order valence-corrected chi connectivity index (χ4v) is 3.10. The van der Waals surface area contributed by atoms with Gasteiger partial charge in [-0.3, -0.25) is 0 Å². The lowest BCUT2D eigenvalue weighted by atomic mass is 10.1. The van der Waals surface area contributed by atoms with Crippen LogP contribution in [-0.4, -0.2) is 12.6 Å². The van der Waals surface area contributed by atoms with Crippen LogP contribution in [0.5, 0.6) is 0 Å². The van der Waals surface area contributed by atoms with Crippen LogP contribution in [0.4, 0.5) is 5.69 Å². The zero-order valence-corrected chi connectivity index (χ0v) is 12.4. The van der Waals surface area contributed by atoms with Crippen molar-refractivity contribution >= 4 is 5.69 Å². The lowest BCUT2D eigenvalue weighted by Crippen LogP contribution is -2.19. The standard InChI is InChI=1S/C19H22N2/c1-2-4-19-17(3-1)11-12-21(19)14-16-7-5-15(6-8-16)13-20-18-9-10-18/h1-8,18,20H,9-14H2. The van der Waals surface area contributed by atoms with Gasteiger partial charge in [0, 0.05) is 31.4 Å². The maximum Gasteiger partial charge on any atom is 0.0429 e. The highest BCUT2D eigenvalue weighted by atomic mass is 15.1. The van der Waals surface area contributed by atoms with Crippen LogP contribution in [0.1, 0.15) is 29.5 Å². The molecule has 0 bridgehead atoms. The molecule has 0 amide bonds. The third kappa shape index (κ3) is 2.96. The Labute approximate surface area is 126 Å². The summed E-state index contributed by atoms with van der Waals surface area (Å²) < 4.78 is 0. The number of nitrogens with zero attached hydrogens (tertiary/aromatic N) is 1. The van der Waals surface area contributed by atoms with E-state index in [1.807, 2.05) is 0 Å². The molecule has 4 rings (SSSR count). The molecule has 1 aliphatic heterocycles. The average molecular weight is 278 g/mol. The first kappa shape index (κ1) is 12.9. The van der Waals surface area contributed by atoms with E-state index in [1.165, 1.54) is 41.6 Å². The Balaban J connectivity index is 1.40. The van der Waals surface area contributed by atoms with Crippen molar-refractivity contribution in [2.24, 2.45) is 0 Å². The second kappa shape index (κ2) is 5.53. The molecule has 1 aliphatic carbocycles. The maximum absolute atomic E-state index is 3.57. The Kier molecular flexibility index (Phi) is 3.40. The van der Waals surface area contributed by atoms with Gasteiger partial charge in [-0.05, 0) is 42.0 Å². The Morgan fingerprint density at radius 3 is 2.52 bits per heavy atom. The van der Waals surface area contributed by atoms with Crippen LogP contribution in [0.2, 0.25) is 0 Å². The zero-order chi connectivity index (χ0) is 14.1. The number of nitrogens with one attached hydrogen (secondary N) is 1. The first-order chi connectivity index (χ1) is 10.4. The van der Waals surface area contributed by atoms with E-state index in [4.69, 9.17) is 0 Å². The van der Waals surface area contributed by atoms with Crippen molar-refractivity contribution in [1.29, 1.82) is 0 Å². The summed E-state index contributed by atoms with van der Waals surface area (Å²) in [5.41, 5.74) is 5.70. The van der Waals surface area contributed by atoms with E-state index in [2.05, 4.69) is 58.7 Å². The molecule has 2 aliphatic rings. The summed E-state index contributed by atoms with van der Waals surface area (Å²) in [7, 11) is 0. The number of para-hydroxylation sites is 1. The summed E-state index contributed by atoms with van der Waals surface area (Å²) in [5.74, 6) is 0. The molecule has 2 aromatic carbocycles. The van der Waals surface area contributed by atoms with Gasteiger partial charge in [0.25, 0.3) is 0 Å². The molecule has 1 saturated carbocycles. The van der Waals surface area contributed by atoms with E-state index in [-0.39, 0.29) is 0 Å². The number of rotatable bonds is 5. The molecular weight excluding hydrogens is 256 g/mol. The SMILES string of the molecule is c1ccc2c(c1)CCN2Cc1ccc(CNC2CC2)cc1. The lowest BCUT2D eigenvalue weighted by molar-refractivity contribution is 0.687. The van der Waals surface area contributed by atoms with Crippen molar-refractivity contribution < 1.29 is 0 Å². The van der Waals surface area contributed by atoms with Crippen LogP contribution in [0.25, 0.3) is 0 Å². The molecule has 2 heteroatoms. The second-order valence-electron chi connectivity index (χ2n) is 6.27. The first-order valence-electron chi connectivity index (χ1n) is 8.02. The van der Waals surface area contributed by atoms with Crippen molar-refractivity contribution in [2.45, 2.75) is 38.4 Å². The highest BCUT2D eigenvalue weighted by Gasteiger charge is 2.20. The third-order valence-electron chi connectivity index (χ3n) is 4.55. The van der Waals surface area contributed by atoms with Crippen molar-refractivity contribution in [3.8, 4) is 0 Å². The Morgan fingerprint density at radius 2 is 1.71 bits per heavy atom. The fraction of sp³-hybridized carbons (Fsp3) is 0.368. The Bertz CT molecular complexity index is 614. The van der Waals surface area contributed by atoms with E-state index in [1.54, 1.807) is 0 Å². The Morgan fingerprint density at radius 1 is 0.952 bits per heavy atom. The quantitative estimate of drug-likeness (QED) is 0.900. The van der Waals surface area contributed by atoms with E-state index in [9.17, 15) is 0 Å². The van der Waals surface area contributed by atoms with Crippen LogP contribution in [0.3, 0.4) is 0 Å². The van der Waals surface area contributed by atoms with Gasteiger partial charge in [0.1, 0.15) is 0 Å². The Hall–Kier alpha value is -1.80. The minimum absolute atomic E-state index is 0.783. The third-order valence-corrected chi connectivity index (χ3v) is 4.55. The molecule has 1 N–H and O–H groups in total. The van der Waals surface area contributed by atoms with Gasteiger partial charge in [-0.25, -0.2) is 0 Å². The predicted octanol–water partition coefficient (Wildman–Crippen LogP) is 3.50. The van der Waals surface area contributed by atoms with Crippen molar-refractivity contribution in [1.82, 2.24) is 5.32 Å². The molecule has 21 heavy (non-hydrogen) atoms. The molecule has 108 valence electrons. The number of hydrogen-bond donors (Lipinski definition) is 1. The molecule has 0 unspecified atom stereocenters. The number of benzene rings is 2. The summed E-state index contributed by atoms with van der Waals surface area (Å²) in [6.07, 6.45) is 3.89. The molecule has 2 aromatic rings. The number of fused-ring (bicyclic) bond motifs is 1. The molecule has 0 spiro atoms. The summed E-state index contributed by atoms with van der Waals surface area (Å²) >= 11 is 0. The van der Waals surface area contributed by atoms with Gasteiger partial charge in [-0.15, -0.1) is 0 Å². The van der Waals surface area contributed by atoms with Crippen LogP contribution in [0, 0.1) is 0 Å². The van der Waals surface area contributed by atoms with Gasteiger partial charge in [0.2, 0.25) is 0 Å². The summed E-state index contributed by atoms with van der Waals surface area (Å²) in [5, 5.41) is 3.57. The summed E-state index contributed by atoms with van der Waals surface area (Å²) in [6, 6.07) is 18.7. The van der Waals surface area contributed by atoms with Crippen molar-refractivity contribution in [3.05, 3.63) is 65.2 Å². The number of anilines is 1. The molecule has 0 saturated heterocycles. The largest absolute Gasteiger partial charge is 0.367 e. The van der Waals surface area contributed by atoms with Crippen LogP contribution in [-0.2, 0) is 19.5 Å². The molecular formula is C19H22N2. The molecule has 1 fully saturated rings. The van der Waals surface area contributed by atoms with Crippen LogP contribution in [0.15, 0.2) is 48.5 Å². The van der Waals surface area contributed by atoms with Gasteiger partial charge in [0.15, 0.2) is 0 Å². The first-order valence-corrected chi connectivity index (χ1v) is 8.02. The fourth-order valence-electron chi connectivity index (χ4n) is 3.10. The van der Waals surface area contributed by atoms with E-state index in [0.29, 0.717) is 0 Å². The minimum Gasteiger partial charge on any atom is -0.367 e. The predicted molar refractivity (Wildman–Crippen MR) is 87.5 cm³/mol. The van der Waals surface area contributed by atoms with Gasteiger partial charge < -0.3 is 10.2 Å². The highest BCUT2D eigenvalue weighted by Crippen LogP contribution is 2.28. The second-order valence-corrected chi connectivity index (χ2v) is 6.27. The zero-order valence-electron chi connectivity index (χ0n) is 12.4. The van der Waals surface area contributed by atoms with Crippen LogP contribution >= 0.6 is 0 Å². The minimum atomic E-state index is 0.783.